The highest BCUT2D eigenvalue weighted by Crippen LogP contribution is 2.34. The van der Waals surface area contributed by atoms with Crippen molar-refractivity contribution in [3.63, 3.8) is 0 Å². The minimum absolute atomic E-state index is 0.0424. The predicted octanol–water partition coefficient (Wildman–Crippen LogP) is 5.21. The molecule has 0 saturated carbocycles. The smallest absolute Gasteiger partial charge is 0.169 e. The van der Waals surface area contributed by atoms with Crippen LogP contribution in [0, 0.1) is 0 Å². The standard InChI is InChI=1S/C12H10O3.C12H11P/c13-9-5-1-3-7-11(9)15-12-8-4-2-6-10(12)14;1-3-7-11(8-4-1)13-12-9-5-2-6-10-12/h1-8,13-14H;1-10,13H. The Balaban J connectivity index is 0.000000162. The summed E-state index contributed by atoms with van der Waals surface area (Å²) in [5.74, 6) is 0.722. The molecule has 0 aromatic heterocycles. The van der Waals surface area contributed by atoms with Crippen LogP contribution >= 0.6 is 8.58 Å². The summed E-state index contributed by atoms with van der Waals surface area (Å²) >= 11 is 0. The molecule has 0 fully saturated rings. The zero-order valence-electron chi connectivity index (χ0n) is 15.2. The lowest BCUT2D eigenvalue weighted by Crippen LogP contribution is -2.01. The molecule has 0 heterocycles. The van der Waals surface area contributed by atoms with Gasteiger partial charge in [-0.05, 0) is 34.9 Å². The van der Waals surface area contributed by atoms with Crippen molar-refractivity contribution >= 4 is 19.2 Å². The molecule has 4 rings (SSSR count). The van der Waals surface area contributed by atoms with Crippen LogP contribution in [0.25, 0.3) is 0 Å². The van der Waals surface area contributed by atoms with Crippen LogP contribution in [0.15, 0.2) is 109 Å². The maximum Gasteiger partial charge on any atom is 0.169 e. The average molecular weight is 388 g/mol. The van der Waals surface area contributed by atoms with E-state index in [1.165, 1.54) is 22.7 Å². The number of rotatable bonds is 4. The Morgan fingerprint density at radius 2 is 0.821 bits per heavy atom. The first-order valence-electron chi connectivity index (χ1n) is 8.83. The second-order valence-corrected chi connectivity index (χ2v) is 7.30. The van der Waals surface area contributed by atoms with Crippen LogP contribution in [0.5, 0.6) is 23.0 Å². The van der Waals surface area contributed by atoms with Crippen LogP contribution in [0.2, 0.25) is 0 Å². The van der Waals surface area contributed by atoms with Crippen molar-refractivity contribution in [3.05, 3.63) is 109 Å². The van der Waals surface area contributed by atoms with E-state index in [1.807, 2.05) is 0 Å². The van der Waals surface area contributed by atoms with Crippen molar-refractivity contribution in [3.8, 4) is 23.0 Å². The van der Waals surface area contributed by atoms with Gasteiger partial charge >= 0.3 is 0 Å². The molecule has 4 heteroatoms. The molecule has 0 bridgehead atoms. The number of phenols is 2. The van der Waals surface area contributed by atoms with Gasteiger partial charge in [0.25, 0.3) is 0 Å². The van der Waals surface area contributed by atoms with Gasteiger partial charge in [-0.15, -0.1) is 0 Å². The lowest BCUT2D eigenvalue weighted by atomic mass is 10.3. The summed E-state index contributed by atoms with van der Waals surface area (Å²) in [5.41, 5.74) is 0. The molecule has 4 aromatic carbocycles. The maximum absolute atomic E-state index is 9.46. The van der Waals surface area contributed by atoms with E-state index in [0.717, 1.165) is 8.58 Å². The molecular weight excluding hydrogens is 367 g/mol. The maximum atomic E-state index is 9.46. The molecule has 0 amide bonds. The van der Waals surface area contributed by atoms with E-state index in [1.54, 1.807) is 36.4 Å². The summed E-state index contributed by atoms with van der Waals surface area (Å²) in [5, 5.41) is 21.7. The van der Waals surface area contributed by atoms with E-state index in [-0.39, 0.29) is 11.5 Å². The van der Waals surface area contributed by atoms with Crippen LogP contribution in [0.4, 0.5) is 0 Å². The van der Waals surface area contributed by atoms with Crippen LogP contribution in [0.3, 0.4) is 0 Å². The van der Waals surface area contributed by atoms with Gasteiger partial charge in [0.2, 0.25) is 0 Å². The molecule has 0 spiro atoms. The summed E-state index contributed by atoms with van der Waals surface area (Å²) in [6, 6.07) is 34.3. The van der Waals surface area contributed by atoms with E-state index in [0.29, 0.717) is 11.5 Å². The molecule has 28 heavy (non-hydrogen) atoms. The number of ether oxygens (including phenoxy) is 1. The molecule has 0 atom stereocenters. The third-order valence-corrected chi connectivity index (χ3v) is 5.03. The second-order valence-electron chi connectivity index (χ2n) is 5.89. The van der Waals surface area contributed by atoms with Crippen molar-refractivity contribution in [2.24, 2.45) is 0 Å². The summed E-state index contributed by atoms with van der Waals surface area (Å²) < 4.78 is 5.34. The summed E-state index contributed by atoms with van der Waals surface area (Å²) in [6.45, 7) is 0. The van der Waals surface area contributed by atoms with Crippen molar-refractivity contribution < 1.29 is 14.9 Å². The topological polar surface area (TPSA) is 49.7 Å². The van der Waals surface area contributed by atoms with Crippen molar-refractivity contribution in [2.45, 2.75) is 0 Å². The molecule has 140 valence electrons. The fourth-order valence-electron chi connectivity index (χ4n) is 2.42. The minimum atomic E-state index is 0.0424. The third-order valence-electron chi connectivity index (χ3n) is 3.79. The normalized spacial score (nSPS) is 9.86. The Hall–Kier alpha value is -3.29. The van der Waals surface area contributed by atoms with E-state index in [2.05, 4.69) is 60.7 Å². The molecular formula is C24H21O3P. The van der Waals surface area contributed by atoms with Gasteiger partial charge < -0.3 is 14.9 Å². The third kappa shape index (κ3) is 5.87. The lowest BCUT2D eigenvalue weighted by molar-refractivity contribution is 0.385. The minimum Gasteiger partial charge on any atom is -0.504 e. The first-order valence-corrected chi connectivity index (χ1v) is 9.83. The monoisotopic (exact) mass is 388 g/mol. The zero-order chi connectivity index (χ0) is 19.6. The van der Waals surface area contributed by atoms with Gasteiger partial charge in [-0.25, -0.2) is 0 Å². The number of hydrogen-bond acceptors (Lipinski definition) is 3. The molecule has 4 aromatic rings. The van der Waals surface area contributed by atoms with E-state index < -0.39 is 0 Å². The van der Waals surface area contributed by atoms with Crippen molar-refractivity contribution in [1.29, 1.82) is 0 Å². The van der Waals surface area contributed by atoms with Crippen LogP contribution in [-0.4, -0.2) is 10.2 Å². The molecule has 0 saturated heterocycles. The largest absolute Gasteiger partial charge is 0.504 e. The van der Waals surface area contributed by atoms with Gasteiger partial charge in [-0.1, -0.05) is 93.5 Å². The molecule has 0 aliphatic carbocycles. The van der Waals surface area contributed by atoms with Gasteiger partial charge in [-0.3, -0.25) is 0 Å². The Morgan fingerprint density at radius 1 is 0.464 bits per heavy atom. The highest BCUT2D eigenvalue weighted by Gasteiger charge is 2.05. The SMILES string of the molecule is Oc1ccccc1Oc1ccccc1O.c1ccc(Pc2ccccc2)cc1. The number of para-hydroxylation sites is 4. The number of phenolic OH excluding ortho intramolecular Hbond substituents is 2. The molecule has 0 radical (unpaired) electrons. The van der Waals surface area contributed by atoms with Gasteiger partial charge in [0.05, 0.1) is 0 Å². The molecule has 2 N–H and O–H groups in total. The fourth-order valence-corrected chi connectivity index (χ4v) is 3.47. The first kappa shape index (κ1) is 19.5. The Kier molecular flexibility index (Phi) is 7.06. The molecule has 0 aliphatic heterocycles. The van der Waals surface area contributed by atoms with Gasteiger partial charge in [0.15, 0.2) is 23.0 Å². The Morgan fingerprint density at radius 3 is 1.21 bits per heavy atom. The Labute approximate surface area is 166 Å². The zero-order valence-corrected chi connectivity index (χ0v) is 16.2. The van der Waals surface area contributed by atoms with Gasteiger partial charge in [-0.2, -0.15) is 0 Å². The number of hydrogen-bond donors (Lipinski definition) is 2. The van der Waals surface area contributed by atoms with Crippen molar-refractivity contribution in [2.75, 3.05) is 0 Å². The van der Waals surface area contributed by atoms with Crippen molar-refractivity contribution in [1.82, 2.24) is 0 Å². The predicted molar refractivity (Wildman–Crippen MR) is 117 cm³/mol. The summed E-state index contributed by atoms with van der Waals surface area (Å²) in [4.78, 5) is 0. The quantitative estimate of drug-likeness (QED) is 0.472. The highest BCUT2D eigenvalue weighted by atomic mass is 31.1. The fraction of sp³-hybridized carbons (Fsp3) is 0. The van der Waals surface area contributed by atoms with Crippen LogP contribution in [0.1, 0.15) is 0 Å². The number of aromatic hydroxyl groups is 2. The van der Waals surface area contributed by atoms with E-state index >= 15 is 0 Å². The summed E-state index contributed by atoms with van der Waals surface area (Å²) in [6.07, 6.45) is 0. The first-order chi connectivity index (χ1) is 13.7. The van der Waals surface area contributed by atoms with E-state index in [9.17, 15) is 10.2 Å². The van der Waals surface area contributed by atoms with E-state index in [4.69, 9.17) is 4.74 Å². The van der Waals surface area contributed by atoms with Crippen LogP contribution < -0.4 is 15.3 Å². The second kappa shape index (κ2) is 10.1. The molecule has 0 aliphatic rings. The van der Waals surface area contributed by atoms with Gasteiger partial charge in [0.1, 0.15) is 0 Å². The lowest BCUT2D eigenvalue weighted by Gasteiger charge is -2.08. The average Bonchev–Trinajstić information content (AvgIpc) is 2.73. The van der Waals surface area contributed by atoms with Gasteiger partial charge in [0, 0.05) is 0 Å². The number of benzene rings is 4. The Bertz CT molecular complexity index is 908. The highest BCUT2D eigenvalue weighted by molar-refractivity contribution is 7.55. The van der Waals surface area contributed by atoms with Crippen LogP contribution in [-0.2, 0) is 0 Å². The summed E-state index contributed by atoms with van der Waals surface area (Å²) in [7, 11) is 0.777. The molecule has 0 unspecified atom stereocenters. The molecule has 3 nitrogen and oxygen atoms in total.